The molecule has 1 heterocycles. The number of hydrogen-bond donors (Lipinski definition) is 1. The van der Waals surface area contributed by atoms with Crippen molar-refractivity contribution < 1.29 is 9.53 Å². The monoisotopic (exact) mass is 197 g/mol. The molecule has 1 aliphatic heterocycles. The lowest BCUT2D eigenvalue weighted by atomic mass is 9.95. The van der Waals surface area contributed by atoms with Crippen LogP contribution in [0.1, 0.15) is 32.1 Å². The van der Waals surface area contributed by atoms with Gasteiger partial charge in [-0.3, -0.25) is 4.79 Å². The van der Waals surface area contributed by atoms with Crippen LogP contribution in [-0.2, 0) is 9.53 Å². The summed E-state index contributed by atoms with van der Waals surface area (Å²) in [5.41, 5.74) is 0. The van der Waals surface area contributed by atoms with Crippen molar-refractivity contribution in [1.29, 1.82) is 0 Å². The molecule has 14 heavy (non-hydrogen) atoms. The van der Waals surface area contributed by atoms with E-state index in [4.69, 9.17) is 4.74 Å². The van der Waals surface area contributed by atoms with Gasteiger partial charge in [-0.15, -0.1) is 0 Å². The molecular formula is C11H19NO2. The van der Waals surface area contributed by atoms with Gasteiger partial charge in [-0.25, -0.2) is 0 Å². The van der Waals surface area contributed by atoms with Crippen molar-refractivity contribution in [2.24, 2.45) is 5.92 Å². The highest BCUT2D eigenvalue weighted by molar-refractivity contribution is 5.81. The Morgan fingerprint density at radius 2 is 2.21 bits per heavy atom. The SMILES string of the molecule is O=C(CCNC1CC1)C1CCCOC1. The van der Waals surface area contributed by atoms with Crippen LogP contribution >= 0.6 is 0 Å². The predicted octanol–water partition coefficient (Wildman–Crippen LogP) is 1.12. The lowest BCUT2D eigenvalue weighted by Crippen LogP contribution is -2.28. The Kier molecular flexibility index (Phi) is 3.54. The molecule has 80 valence electrons. The molecule has 2 aliphatic rings. The van der Waals surface area contributed by atoms with Crippen LogP contribution in [0, 0.1) is 5.92 Å². The second kappa shape index (κ2) is 4.89. The first-order chi connectivity index (χ1) is 6.86. The molecule has 1 atom stereocenters. The number of carbonyl (C=O) groups excluding carboxylic acids is 1. The van der Waals surface area contributed by atoms with Crippen molar-refractivity contribution >= 4 is 5.78 Å². The maximum absolute atomic E-state index is 11.7. The summed E-state index contributed by atoms with van der Waals surface area (Å²) < 4.78 is 5.30. The largest absolute Gasteiger partial charge is 0.381 e. The predicted molar refractivity (Wildman–Crippen MR) is 54.2 cm³/mol. The summed E-state index contributed by atoms with van der Waals surface area (Å²) in [5.74, 6) is 0.572. The molecule has 3 nitrogen and oxygen atoms in total. The van der Waals surface area contributed by atoms with E-state index in [1.54, 1.807) is 0 Å². The Balaban J connectivity index is 1.60. The number of Topliss-reactive ketones (excluding diaryl/α,β-unsaturated/α-hetero) is 1. The van der Waals surface area contributed by atoms with E-state index in [1.807, 2.05) is 0 Å². The smallest absolute Gasteiger partial charge is 0.139 e. The van der Waals surface area contributed by atoms with Gasteiger partial charge in [0.1, 0.15) is 5.78 Å². The van der Waals surface area contributed by atoms with E-state index < -0.39 is 0 Å². The topological polar surface area (TPSA) is 38.3 Å². The minimum absolute atomic E-state index is 0.185. The third-order valence-electron chi connectivity index (χ3n) is 3.00. The van der Waals surface area contributed by atoms with Crippen molar-refractivity contribution in [2.45, 2.75) is 38.1 Å². The first-order valence-corrected chi connectivity index (χ1v) is 5.70. The van der Waals surface area contributed by atoms with Gasteiger partial charge in [0.2, 0.25) is 0 Å². The van der Waals surface area contributed by atoms with Crippen LogP contribution < -0.4 is 5.32 Å². The Morgan fingerprint density at radius 3 is 2.86 bits per heavy atom. The zero-order valence-corrected chi connectivity index (χ0v) is 8.63. The second-order valence-corrected chi connectivity index (χ2v) is 4.36. The van der Waals surface area contributed by atoms with E-state index in [0.29, 0.717) is 24.9 Å². The Morgan fingerprint density at radius 1 is 1.36 bits per heavy atom. The zero-order chi connectivity index (χ0) is 9.80. The van der Waals surface area contributed by atoms with Crippen LogP contribution in [0.25, 0.3) is 0 Å². The molecule has 3 heteroatoms. The summed E-state index contributed by atoms with van der Waals surface area (Å²) in [6.45, 7) is 2.35. The van der Waals surface area contributed by atoms with Gasteiger partial charge in [0.15, 0.2) is 0 Å². The summed E-state index contributed by atoms with van der Waals surface area (Å²) in [6.07, 6.45) is 5.35. The van der Waals surface area contributed by atoms with Crippen LogP contribution in [0.2, 0.25) is 0 Å². The molecule has 0 spiro atoms. The molecule has 0 aromatic rings. The van der Waals surface area contributed by atoms with Gasteiger partial charge in [-0.2, -0.15) is 0 Å². The molecule has 0 bridgehead atoms. The molecule has 0 aromatic heterocycles. The van der Waals surface area contributed by atoms with E-state index in [9.17, 15) is 4.79 Å². The van der Waals surface area contributed by atoms with Gasteiger partial charge in [-0.05, 0) is 25.7 Å². The van der Waals surface area contributed by atoms with Crippen molar-refractivity contribution in [1.82, 2.24) is 5.32 Å². The van der Waals surface area contributed by atoms with Crippen molar-refractivity contribution in [2.75, 3.05) is 19.8 Å². The molecule has 0 radical (unpaired) electrons. The van der Waals surface area contributed by atoms with E-state index in [0.717, 1.165) is 26.0 Å². The second-order valence-electron chi connectivity index (χ2n) is 4.36. The van der Waals surface area contributed by atoms with Gasteiger partial charge in [-0.1, -0.05) is 0 Å². The molecule has 2 fully saturated rings. The third kappa shape index (κ3) is 3.07. The highest BCUT2D eigenvalue weighted by Gasteiger charge is 2.23. The molecule has 0 amide bonds. The average molecular weight is 197 g/mol. The number of ether oxygens (including phenoxy) is 1. The summed E-state index contributed by atoms with van der Waals surface area (Å²) in [6, 6.07) is 0.713. The Labute approximate surface area is 85.2 Å². The van der Waals surface area contributed by atoms with Gasteiger partial charge in [0, 0.05) is 31.5 Å². The van der Waals surface area contributed by atoms with Crippen LogP contribution in [0.5, 0.6) is 0 Å². The standard InChI is InChI=1S/C11H19NO2/c13-11(5-6-12-10-3-4-10)9-2-1-7-14-8-9/h9-10,12H,1-8H2. The molecule has 1 N–H and O–H groups in total. The average Bonchev–Trinajstić information content (AvgIpc) is 3.03. The van der Waals surface area contributed by atoms with Crippen molar-refractivity contribution in [3.8, 4) is 0 Å². The number of carbonyl (C=O) groups is 1. The number of ketones is 1. The number of hydrogen-bond acceptors (Lipinski definition) is 3. The fraction of sp³-hybridized carbons (Fsp3) is 0.909. The minimum atomic E-state index is 0.185. The maximum Gasteiger partial charge on any atom is 0.139 e. The van der Waals surface area contributed by atoms with Gasteiger partial charge in [0.25, 0.3) is 0 Å². The van der Waals surface area contributed by atoms with Crippen LogP contribution in [0.3, 0.4) is 0 Å². The number of nitrogens with one attached hydrogen (secondary N) is 1. The lowest BCUT2D eigenvalue weighted by molar-refractivity contribution is -0.126. The normalized spacial score (nSPS) is 27.6. The van der Waals surface area contributed by atoms with Crippen molar-refractivity contribution in [3.63, 3.8) is 0 Å². The van der Waals surface area contributed by atoms with Gasteiger partial charge >= 0.3 is 0 Å². The van der Waals surface area contributed by atoms with Crippen LogP contribution in [0.4, 0.5) is 0 Å². The lowest BCUT2D eigenvalue weighted by Gasteiger charge is -2.20. The minimum Gasteiger partial charge on any atom is -0.381 e. The molecule has 1 unspecified atom stereocenters. The fourth-order valence-electron chi connectivity index (χ4n) is 1.89. The molecule has 2 rings (SSSR count). The van der Waals surface area contributed by atoms with Crippen LogP contribution in [0.15, 0.2) is 0 Å². The van der Waals surface area contributed by atoms with Crippen LogP contribution in [-0.4, -0.2) is 31.6 Å². The van der Waals surface area contributed by atoms with Gasteiger partial charge < -0.3 is 10.1 Å². The summed E-state index contributed by atoms with van der Waals surface area (Å²) >= 11 is 0. The molecule has 1 saturated carbocycles. The molecule has 1 saturated heterocycles. The van der Waals surface area contributed by atoms with E-state index in [2.05, 4.69) is 5.32 Å². The first kappa shape index (κ1) is 10.1. The molecule has 1 aliphatic carbocycles. The molecule has 0 aromatic carbocycles. The van der Waals surface area contributed by atoms with E-state index in [1.165, 1.54) is 12.8 Å². The Hall–Kier alpha value is -0.410. The van der Waals surface area contributed by atoms with E-state index in [-0.39, 0.29) is 5.92 Å². The number of rotatable bonds is 5. The van der Waals surface area contributed by atoms with E-state index >= 15 is 0 Å². The maximum atomic E-state index is 11.7. The fourth-order valence-corrected chi connectivity index (χ4v) is 1.89. The highest BCUT2D eigenvalue weighted by Crippen LogP contribution is 2.19. The summed E-state index contributed by atoms with van der Waals surface area (Å²) in [4.78, 5) is 11.7. The quantitative estimate of drug-likeness (QED) is 0.718. The summed E-state index contributed by atoms with van der Waals surface area (Å²) in [5, 5.41) is 3.36. The highest BCUT2D eigenvalue weighted by atomic mass is 16.5. The molecular weight excluding hydrogens is 178 g/mol. The first-order valence-electron chi connectivity index (χ1n) is 5.70. The van der Waals surface area contributed by atoms with Gasteiger partial charge in [0.05, 0.1) is 6.61 Å². The third-order valence-corrected chi connectivity index (χ3v) is 3.00. The zero-order valence-electron chi connectivity index (χ0n) is 8.63. The Bertz CT molecular complexity index is 195. The van der Waals surface area contributed by atoms with Crippen molar-refractivity contribution in [3.05, 3.63) is 0 Å². The summed E-state index contributed by atoms with van der Waals surface area (Å²) in [7, 11) is 0.